The SMILES string of the molecule is Cc1nn(Cc2ccccc2)c(C)c1CNC(=O)c1sccc1-c1ccccc1. The van der Waals surface area contributed by atoms with Gasteiger partial charge in [-0.05, 0) is 36.4 Å². The van der Waals surface area contributed by atoms with Gasteiger partial charge < -0.3 is 5.32 Å². The third kappa shape index (κ3) is 4.15. The van der Waals surface area contributed by atoms with E-state index in [1.807, 2.05) is 71.6 Å². The smallest absolute Gasteiger partial charge is 0.262 e. The first-order chi connectivity index (χ1) is 14.1. The summed E-state index contributed by atoms with van der Waals surface area (Å²) in [6.45, 7) is 5.25. The van der Waals surface area contributed by atoms with E-state index < -0.39 is 0 Å². The second-order valence-corrected chi connectivity index (χ2v) is 7.92. The first-order valence-electron chi connectivity index (χ1n) is 9.61. The Morgan fingerprint density at radius 3 is 2.41 bits per heavy atom. The van der Waals surface area contributed by atoms with Crippen molar-refractivity contribution in [2.45, 2.75) is 26.9 Å². The highest BCUT2D eigenvalue weighted by molar-refractivity contribution is 7.12. The molecule has 2 aromatic carbocycles. The number of nitrogens with one attached hydrogen (secondary N) is 1. The van der Waals surface area contributed by atoms with E-state index in [-0.39, 0.29) is 5.91 Å². The van der Waals surface area contributed by atoms with Gasteiger partial charge in [-0.3, -0.25) is 9.48 Å². The Morgan fingerprint density at radius 1 is 1.00 bits per heavy atom. The maximum atomic E-state index is 12.9. The summed E-state index contributed by atoms with van der Waals surface area (Å²) in [4.78, 5) is 13.6. The number of amides is 1. The van der Waals surface area contributed by atoms with Crippen LogP contribution < -0.4 is 5.32 Å². The Balaban J connectivity index is 1.49. The Morgan fingerprint density at radius 2 is 1.69 bits per heavy atom. The average molecular weight is 402 g/mol. The summed E-state index contributed by atoms with van der Waals surface area (Å²) in [6, 6.07) is 22.3. The molecule has 1 N–H and O–H groups in total. The molecular formula is C24H23N3OS. The molecule has 1 amide bonds. The molecule has 4 nitrogen and oxygen atoms in total. The molecule has 0 aliphatic carbocycles. The molecule has 0 saturated carbocycles. The minimum absolute atomic E-state index is 0.0477. The van der Waals surface area contributed by atoms with Crippen LogP contribution in [-0.2, 0) is 13.1 Å². The summed E-state index contributed by atoms with van der Waals surface area (Å²) < 4.78 is 2.01. The van der Waals surface area contributed by atoms with Gasteiger partial charge in [0.1, 0.15) is 0 Å². The number of hydrogen-bond acceptors (Lipinski definition) is 3. The van der Waals surface area contributed by atoms with Crippen LogP contribution in [0.15, 0.2) is 72.1 Å². The van der Waals surface area contributed by atoms with Crippen LogP contribution >= 0.6 is 11.3 Å². The number of hydrogen-bond donors (Lipinski definition) is 1. The number of aromatic nitrogens is 2. The lowest BCUT2D eigenvalue weighted by molar-refractivity contribution is 0.0955. The minimum Gasteiger partial charge on any atom is -0.347 e. The van der Waals surface area contributed by atoms with Crippen molar-refractivity contribution >= 4 is 17.2 Å². The molecule has 5 heteroatoms. The highest BCUT2D eigenvalue weighted by Gasteiger charge is 2.17. The molecule has 4 aromatic rings. The lowest BCUT2D eigenvalue weighted by Crippen LogP contribution is -2.23. The highest BCUT2D eigenvalue weighted by atomic mass is 32.1. The predicted molar refractivity (Wildman–Crippen MR) is 118 cm³/mol. The van der Waals surface area contributed by atoms with E-state index in [2.05, 4.69) is 29.5 Å². The molecule has 0 radical (unpaired) electrons. The number of benzene rings is 2. The summed E-state index contributed by atoms with van der Waals surface area (Å²) in [7, 11) is 0. The van der Waals surface area contributed by atoms with E-state index in [0.29, 0.717) is 6.54 Å². The summed E-state index contributed by atoms with van der Waals surface area (Å²) in [5.41, 5.74) is 6.35. The number of aryl methyl sites for hydroxylation is 1. The van der Waals surface area contributed by atoms with Crippen molar-refractivity contribution in [1.82, 2.24) is 15.1 Å². The van der Waals surface area contributed by atoms with Gasteiger partial charge in [-0.15, -0.1) is 11.3 Å². The zero-order chi connectivity index (χ0) is 20.2. The van der Waals surface area contributed by atoms with Gasteiger partial charge in [-0.1, -0.05) is 60.7 Å². The summed E-state index contributed by atoms with van der Waals surface area (Å²) in [5.74, 6) is -0.0477. The van der Waals surface area contributed by atoms with Gasteiger partial charge in [0.25, 0.3) is 5.91 Å². The molecule has 2 heterocycles. The van der Waals surface area contributed by atoms with E-state index in [4.69, 9.17) is 0 Å². The normalized spacial score (nSPS) is 10.8. The van der Waals surface area contributed by atoms with E-state index in [1.165, 1.54) is 16.9 Å². The van der Waals surface area contributed by atoms with E-state index >= 15 is 0 Å². The van der Waals surface area contributed by atoms with Crippen molar-refractivity contribution < 1.29 is 4.79 Å². The Bertz CT molecular complexity index is 1110. The second kappa shape index (κ2) is 8.45. The average Bonchev–Trinajstić information content (AvgIpc) is 3.33. The molecule has 146 valence electrons. The van der Waals surface area contributed by atoms with Gasteiger partial charge in [0.15, 0.2) is 0 Å². The minimum atomic E-state index is -0.0477. The molecule has 0 unspecified atom stereocenters. The van der Waals surface area contributed by atoms with Gasteiger partial charge in [-0.2, -0.15) is 5.10 Å². The van der Waals surface area contributed by atoms with Crippen molar-refractivity contribution in [2.24, 2.45) is 0 Å². The molecule has 0 aliphatic rings. The van der Waals surface area contributed by atoms with Gasteiger partial charge in [0.05, 0.1) is 17.1 Å². The number of carbonyl (C=O) groups is 1. The van der Waals surface area contributed by atoms with Crippen LogP contribution in [-0.4, -0.2) is 15.7 Å². The largest absolute Gasteiger partial charge is 0.347 e. The zero-order valence-corrected chi connectivity index (χ0v) is 17.4. The van der Waals surface area contributed by atoms with Crippen LogP contribution in [0.25, 0.3) is 11.1 Å². The quantitative estimate of drug-likeness (QED) is 0.482. The van der Waals surface area contributed by atoms with E-state index in [0.717, 1.165) is 39.5 Å². The summed E-state index contributed by atoms with van der Waals surface area (Å²) in [5, 5.41) is 9.73. The van der Waals surface area contributed by atoms with E-state index in [1.54, 1.807) is 0 Å². The molecule has 0 bridgehead atoms. The summed E-state index contributed by atoms with van der Waals surface area (Å²) >= 11 is 1.47. The van der Waals surface area contributed by atoms with Gasteiger partial charge in [0.2, 0.25) is 0 Å². The maximum Gasteiger partial charge on any atom is 0.262 e. The first kappa shape index (κ1) is 19.2. The molecule has 29 heavy (non-hydrogen) atoms. The molecule has 0 aliphatic heterocycles. The fourth-order valence-electron chi connectivity index (χ4n) is 3.48. The molecule has 4 rings (SSSR count). The molecule has 0 saturated heterocycles. The number of nitrogens with zero attached hydrogens (tertiary/aromatic N) is 2. The van der Waals surface area contributed by atoms with Crippen molar-refractivity contribution in [3.8, 4) is 11.1 Å². The number of rotatable bonds is 6. The molecule has 0 atom stereocenters. The third-order valence-corrected chi connectivity index (χ3v) is 6.00. The van der Waals surface area contributed by atoms with Crippen LogP contribution in [0.2, 0.25) is 0 Å². The topological polar surface area (TPSA) is 46.9 Å². The van der Waals surface area contributed by atoms with Gasteiger partial charge in [0, 0.05) is 23.4 Å². The number of thiophene rings is 1. The van der Waals surface area contributed by atoms with Gasteiger partial charge >= 0.3 is 0 Å². The van der Waals surface area contributed by atoms with Crippen molar-refractivity contribution in [3.63, 3.8) is 0 Å². The molecule has 0 fully saturated rings. The Kier molecular flexibility index (Phi) is 5.58. The Hall–Kier alpha value is -3.18. The summed E-state index contributed by atoms with van der Waals surface area (Å²) in [6.07, 6.45) is 0. The van der Waals surface area contributed by atoms with Crippen LogP contribution in [0.5, 0.6) is 0 Å². The maximum absolute atomic E-state index is 12.9. The monoisotopic (exact) mass is 401 g/mol. The van der Waals surface area contributed by atoms with Crippen molar-refractivity contribution in [1.29, 1.82) is 0 Å². The predicted octanol–water partition coefficient (Wildman–Crippen LogP) is 5.21. The second-order valence-electron chi connectivity index (χ2n) is 7.00. The van der Waals surface area contributed by atoms with Crippen LogP contribution in [0.1, 0.15) is 32.2 Å². The molecule has 2 aromatic heterocycles. The zero-order valence-electron chi connectivity index (χ0n) is 16.6. The van der Waals surface area contributed by atoms with Crippen LogP contribution in [0.3, 0.4) is 0 Å². The Labute approximate surface area is 174 Å². The lowest BCUT2D eigenvalue weighted by atomic mass is 10.1. The standard InChI is InChI=1S/C24H23N3OS/c1-17-22(18(2)27(26-17)16-19-9-5-3-6-10-19)15-25-24(28)23-21(13-14-29-23)20-11-7-4-8-12-20/h3-14H,15-16H2,1-2H3,(H,25,28). The van der Waals surface area contributed by atoms with Crippen LogP contribution in [0, 0.1) is 13.8 Å². The fraction of sp³-hybridized carbons (Fsp3) is 0.167. The van der Waals surface area contributed by atoms with Gasteiger partial charge in [-0.25, -0.2) is 0 Å². The molecule has 0 spiro atoms. The fourth-order valence-corrected chi connectivity index (χ4v) is 4.31. The number of carbonyl (C=O) groups excluding carboxylic acids is 1. The lowest BCUT2D eigenvalue weighted by Gasteiger charge is -2.08. The third-order valence-electron chi connectivity index (χ3n) is 5.09. The van der Waals surface area contributed by atoms with Crippen molar-refractivity contribution in [3.05, 3.63) is 99.5 Å². The van der Waals surface area contributed by atoms with Crippen molar-refractivity contribution in [2.75, 3.05) is 0 Å². The first-order valence-corrected chi connectivity index (χ1v) is 10.5. The van der Waals surface area contributed by atoms with Crippen LogP contribution in [0.4, 0.5) is 0 Å². The molecular weight excluding hydrogens is 378 g/mol. The van der Waals surface area contributed by atoms with E-state index in [9.17, 15) is 4.79 Å². The highest BCUT2D eigenvalue weighted by Crippen LogP contribution is 2.28.